The highest BCUT2D eigenvalue weighted by Crippen LogP contribution is 2.17. The first-order chi connectivity index (χ1) is 14.6. The minimum absolute atomic E-state index is 0.134. The molecule has 8 nitrogen and oxygen atoms in total. The molecule has 0 aliphatic rings. The fraction of sp³-hybridized carbons (Fsp3) is 0.318. The maximum Gasteiger partial charge on any atom is 0.253 e. The summed E-state index contributed by atoms with van der Waals surface area (Å²) in [7, 11) is -1.97. The van der Waals surface area contributed by atoms with E-state index >= 15 is 0 Å². The number of aryl methyl sites for hydroxylation is 2. The molecule has 0 spiro atoms. The van der Waals surface area contributed by atoms with Crippen LogP contribution in [-0.2, 0) is 16.6 Å². The van der Waals surface area contributed by atoms with Gasteiger partial charge in [-0.2, -0.15) is 9.40 Å². The molecule has 0 saturated carbocycles. The number of nitrogens with one attached hydrogen (secondary N) is 1. The maximum absolute atomic E-state index is 12.5. The first-order valence-electron chi connectivity index (χ1n) is 9.94. The Labute approximate surface area is 183 Å². The maximum atomic E-state index is 12.5. The molecule has 0 saturated heterocycles. The molecule has 3 rings (SSSR count). The zero-order valence-electron chi connectivity index (χ0n) is 18.3. The van der Waals surface area contributed by atoms with Crippen molar-refractivity contribution in [2.45, 2.75) is 45.2 Å². The fourth-order valence-electron chi connectivity index (χ4n) is 3.01. The summed E-state index contributed by atoms with van der Waals surface area (Å²) in [5.41, 5.74) is 3.10. The molecule has 2 aromatic heterocycles. The molecule has 0 unspecified atom stereocenters. The second-order valence-electron chi connectivity index (χ2n) is 7.69. The lowest BCUT2D eigenvalue weighted by molar-refractivity contribution is 0.0950. The number of sulfonamides is 1. The van der Waals surface area contributed by atoms with E-state index < -0.39 is 10.0 Å². The molecule has 164 valence electrons. The number of carbonyl (C=O) groups is 1. The fourth-order valence-corrected chi connectivity index (χ4v) is 4.38. The summed E-state index contributed by atoms with van der Waals surface area (Å²) in [5.74, 6) is 0.383. The van der Waals surface area contributed by atoms with Gasteiger partial charge in [-0.05, 0) is 63.6 Å². The van der Waals surface area contributed by atoms with Crippen LogP contribution in [0.3, 0.4) is 0 Å². The number of hydrogen-bond acceptors (Lipinski definition) is 5. The van der Waals surface area contributed by atoms with E-state index in [0.717, 1.165) is 17.0 Å². The second kappa shape index (κ2) is 8.99. The van der Waals surface area contributed by atoms with Crippen molar-refractivity contribution in [2.75, 3.05) is 7.05 Å². The molecule has 1 N–H and O–H groups in total. The van der Waals surface area contributed by atoms with Crippen LogP contribution in [0.5, 0.6) is 0 Å². The smallest absolute Gasteiger partial charge is 0.253 e. The summed E-state index contributed by atoms with van der Waals surface area (Å²) in [6.07, 6.45) is 1.51. The highest BCUT2D eigenvalue weighted by atomic mass is 32.2. The highest BCUT2D eigenvalue weighted by molar-refractivity contribution is 7.89. The van der Waals surface area contributed by atoms with Crippen molar-refractivity contribution in [1.82, 2.24) is 24.4 Å². The molecule has 9 heteroatoms. The van der Waals surface area contributed by atoms with E-state index in [1.54, 1.807) is 48.1 Å². The Morgan fingerprint density at radius 1 is 1.13 bits per heavy atom. The molecular formula is C22H27N5O3S. The summed E-state index contributed by atoms with van der Waals surface area (Å²) >= 11 is 0. The predicted octanol–water partition coefficient (Wildman–Crippen LogP) is 2.84. The van der Waals surface area contributed by atoms with Gasteiger partial charge in [0.2, 0.25) is 10.0 Å². The van der Waals surface area contributed by atoms with E-state index in [1.165, 1.54) is 10.5 Å². The van der Waals surface area contributed by atoms with Gasteiger partial charge in [0.15, 0.2) is 5.82 Å². The van der Waals surface area contributed by atoms with Crippen LogP contribution in [0.4, 0.5) is 0 Å². The molecule has 2 heterocycles. The lowest BCUT2D eigenvalue weighted by Gasteiger charge is -2.21. The van der Waals surface area contributed by atoms with Crippen molar-refractivity contribution in [3.63, 3.8) is 0 Å². The van der Waals surface area contributed by atoms with Crippen molar-refractivity contribution < 1.29 is 13.2 Å². The van der Waals surface area contributed by atoms with Crippen molar-refractivity contribution in [3.8, 4) is 5.82 Å². The second-order valence-corrected chi connectivity index (χ2v) is 9.68. The number of pyridine rings is 1. The molecule has 0 atom stereocenters. The molecule has 1 aromatic carbocycles. The van der Waals surface area contributed by atoms with E-state index in [9.17, 15) is 13.2 Å². The van der Waals surface area contributed by atoms with Crippen LogP contribution < -0.4 is 5.32 Å². The Morgan fingerprint density at radius 2 is 1.81 bits per heavy atom. The van der Waals surface area contributed by atoms with Gasteiger partial charge in [0.05, 0.1) is 16.2 Å². The molecule has 1 amide bonds. The minimum atomic E-state index is -3.53. The Kier molecular flexibility index (Phi) is 6.56. The van der Waals surface area contributed by atoms with Crippen molar-refractivity contribution in [2.24, 2.45) is 0 Å². The SMILES string of the molecule is Cc1cc(C)n(-c2ccc(C(=O)NCc3ccc(S(=O)(=O)N(C)C(C)C)cc3)cn2)n1. The van der Waals surface area contributed by atoms with Crippen LogP contribution in [0.25, 0.3) is 5.82 Å². The topological polar surface area (TPSA) is 97.2 Å². The van der Waals surface area contributed by atoms with E-state index in [1.807, 2.05) is 33.8 Å². The Bertz CT molecular complexity index is 1170. The van der Waals surface area contributed by atoms with Crippen molar-refractivity contribution in [3.05, 3.63) is 71.2 Å². The Hall–Kier alpha value is -3.04. The van der Waals surface area contributed by atoms with Crippen molar-refractivity contribution >= 4 is 15.9 Å². The average molecular weight is 442 g/mol. The van der Waals surface area contributed by atoms with Crippen LogP contribution in [0.15, 0.2) is 53.6 Å². The van der Waals surface area contributed by atoms with Gasteiger partial charge in [-0.25, -0.2) is 18.1 Å². The largest absolute Gasteiger partial charge is 0.348 e. The summed E-state index contributed by atoms with van der Waals surface area (Å²) in [6.45, 7) is 7.77. The Balaban J connectivity index is 1.64. The first-order valence-corrected chi connectivity index (χ1v) is 11.4. The molecule has 3 aromatic rings. The summed E-state index contributed by atoms with van der Waals surface area (Å²) in [6, 6.07) is 11.8. The molecule has 0 fully saturated rings. The third kappa shape index (κ3) is 5.00. The van der Waals surface area contributed by atoms with Crippen molar-refractivity contribution in [1.29, 1.82) is 0 Å². The molecular weight excluding hydrogens is 414 g/mol. The predicted molar refractivity (Wildman–Crippen MR) is 119 cm³/mol. The normalized spacial score (nSPS) is 11.8. The summed E-state index contributed by atoms with van der Waals surface area (Å²) in [5, 5.41) is 7.21. The lowest BCUT2D eigenvalue weighted by atomic mass is 10.2. The number of benzene rings is 1. The number of nitrogens with zero attached hydrogens (tertiary/aromatic N) is 4. The van der Waals surface area contributed by atoms with Gasteiger partial charge in [0, 0.05) is 31.5 Å². The van der Waals surface area contributed by atoms with E-state index in [-0.39, 0.29) is 23.4 Å². The van der Waals surface area contributed by atoms with Crippen LogP contribution in [0.1, 0.15) is 41.2 Å². The van der Waals surface area contributed by atoms with Gasteiger partial charge in [-0.15, -0.1) is 0 Å². The van der Waals surface area contributed by atoms with Gasteiger partial charge in [0.25, 0.3) is 5.91 Å². The molecule has 0 radical (unpaired) electrons. The average Bonchev–Trinajstić information content (AvgIpc) is 3.09. The molecule has 0 aliphatic heterocycles. The third-order valence-electron chi connectivity index (χ3n) is 5.02. The molecule has 31 heavy (non-hydrogen) atoms. The third-order valence-corrected chi connectivity index (χ3v) is 7.07. The standard InChI is InChI=1S/C22H27N5O3S/c1-15(2)26(5)31(29,30)20-9-6-18(7-10-20)13-24-22(28)19-8-11-21(23-14-19)27-17(4)12-16(3)25-27/h6-12,14-15H,13H2,1-5H3,(H,24,28). The van der Waals surface area contributed by atoms with Crippen LogP contribution in [0.2, 0.25) is 0 Å². The minimum Gasteiger partial charge on any atom is -0.348 e. The first kappa shape index (κ1) is 22.6. The Morgan fingerprint density at radius 3 is 2.32 bits per heavy atom. The zero-order valence-corrected chi connectivity index (χ0v) is 19.1. The quantitative estimate of drug-likeness (QED) is 0.608. The number of rotatable bonds is 7. The van der Waals surface area contributed by atoms with E-state index in [4.69, 9.17) is 0 Å². The summed E-state index contributed by atoms with van der Waals surface area (Å²) in [4.78, 5) is 17.0. The number of carbonyl (C=O) groups excluding carboxylic acids is 1. The molecule has 0 bridgehead atoms. The van der Waals surface area contributed by atoms with Crippen LogP contribution in [-0.4, -0.2) is 46.5 Å². The van der Waals surface area contributed by atoms with E-state index in [0.29, 0.717) is 11.4 Å². The summed E-state index contributed by atoms with van der Waals surface area (Å²) < 4.78 is 28.1. The number of hydrogen-bond donors (Lipinski definition) is 1. The number of amides is 1. The van der Waals surface area contributed by atoms with Crippen LogP contribution >= 0.6 is 0 Å². The van der Waals surface area contributed by atoms with Gasteiger partial charge >= 0.3 is 0 Å². The van der Waals surface area contributed by atoms with Gasteiger partial charge < -0.3 is 5.32 Å². The van der Waals surface area contributed by atoms with Gasteiger partial charge in [0.1, 0.15) is 0 Å². The number of aromatic nitrogens is 3. The molecule has 0 aliphatic carbocycles. The van der Waals surface area contributed by atoms with Gasteiger partial charge in [-0.1, -0.05) is 12.1 Å². The monoisotopic (exact) mass is 441 g/mol. The van der Waals surface area contributed by atoms with Crippen LogP contribution in [0, 0.1) is 13.8 Å². The highest BCUT2D eigenvalue weighted by Gasteiger charge is 2.22. The zero-order chi connectivity index (χ0) is 22.8. The van der Waals surface area contributed by atoms with Gasteiger partial charge in [-0.3, -0.25) is 4.79 Å². The lowest BCUT2D eigenvalue weighted by Crippen LogP contribution is -2.33. The van der Waals surface area contributed by atoms with E-state index in [2.05, 4.69) is 15.4 Å².